The molecule has 0 amide bonds. The van der Waals surface area contributed by atoms with Crippen molar-refractivity contribution in [1.29, 1.82) is 0 Å². The molecule has 0 bridgehead atoms. The minimum Gasteiger partial charge on any atom is -0.487 e. The van der Waals surface area contributed by atoms with E-state index in [1.807, 2.05) is 20.8 Å². The van der Waals surface area contributed by atoms with Crippen molar-refractivity contribution < 1.29 is 14.3 Å². The first-order valence-electron chi connectivity index (χ1n) is 6.73. The van der Waals surface area contributed by atoms with E-state index in [2.05, 4.69) is 13.8 Å². The van der Waals surface area contributed by atoms with Crippen LogP contribution in [0.25, 0.3) is 0 Å². The molecule has 1 aliphatic heterocycles. The van der Waals surface area contributed by atoms with E-state index >= 15 is 0 Å². The second kappa shape index (κ2) is 4.55. The lowest BCUT2D eigenvalue weighted by Gasteiger charge is -2.35. The van der Waals surface area contributed by atoms with Crippen LogP contribution in [0, 0.1) is 20.8 Å². The fraction of sp³-hybridized carbons (Fsp3) is 0.562. The summed E-state index contributed by atoms with van der Waals surface area (Å²) in [6.07, 6.45) is 1.94. The van der Waals surface area contributed by atoms with Crippen molar-refractivity contribution in [2.45, 2.75) is 60.0 Å². The highest BCUT2D eigenvalue weighted by molar-refractivity contribution is 5.72. The first-order chi connectivity index (χ1) is 8.73. The minimum absolute atomic E-state index is 0.125. The molecule has 0 saturated carbocycles. The Hall–Kier alpha value is -1.51. The van der Waals surface area contributed by atoms with Crippen molar-refractivity contribution in [3.05, 3.63) is 22.3 Å². The quantitative estimate of drug-likeness (QED) is 0.572. The second-order valence-electron chi connectivity index (χ2n) is 5.97. The van der Waals surface area contributed by atoms with E-state index < -0.39 is 0 Å². The number of rotatable bonds is 1. The van der Waals surface area contributed by atoms with Crippen molar-refractivity contribution in [2.24, 2.45) is 0 Å². The summed E-state index contributed by atoms with van der Waals surface area (Å²) in [5.74, 6) is 1.40. The number of fused-ring (bicyclic) bond motifs is 1. The van der Waals surface area contributed by atoms with Gasteiger partial charge in [0.05, 0.1) is 0 Å². The van der Waals surface area contributed by atoms with Crippen LogP contribution in [0.3, 0.4) is 0 Å². The van der Waals surface area contributed by atoms with Crippen LogP contribution in [0.4, 0.5) is 0 Å². The van der Waals surface area contributed by atoms with Crippen molar-refractivity contribution in [1.82, 2.24) is 0 Å². The first kappa shape index (κ1) is 13.9. The van der Waals surface area contributed by atoms with Gasteiger partial charge in [-0.05, 0) is 64.2 Å². The molecule has 0 saturated heterocycles. The zero-order valence-corrected chi connectivity index (χ0v) is 12.6. The van der Waals surface area contributed by atoms with Crippen molar-refractivity contribution in [3.63, 3.8) is 0 Å². The highest BCUT2D eigenvalue weighted by Gasteiger charge is 2.31. The molecule has 0 N–H and O–H groups in total. The largest absolute Gasteiger partial charge is 0.487 e. The van der Waals surface area contributed by atoms with Crippen LogP contribution in [0.15, 0.2) is 0 Å². The third-order valence-corrected chi connectivity index (χ3v) is 3.91. The predicted molar refractivity (Wildman–Crippen MR) is 75.0 cm³/mol. The molecule has 0 fully saturated rings. The molecule has 0 unspecified atom stereocenters. The smallest absolute Gasteiger partial charge is 0.308 e. The van der Waals surface area contributed by atoms with E-state index in [1.165, 1.54) is 12.5 Å². The van der Waals surface area contributed by atoms with Gasteiger partial charge in [-0.3, -0.25) is 4.79 Å². The van der Waals surface area contributed by atoms with Crippen LogP contribution < -0.4 is 9.47 Å². The summed E-state index contributed by atoms with van der Waals surface area (Å²) in [7, 11) is 0. The Morgan fingerprint density at radius 1 is 1.16 bits per heavy atom. The zero-order chi connectivity index (χ0) is 14.4. The molecule has 0 radical (unpaired) electrons. The molecule has 0 spiro atoms. The highest BCUT2D eigenvalue weighted by atomic mass is 16.5. The molecule has 19 heavy (non-hydrogen) atoms. The number of carbonyl (C=O) groups excluding carboxylic acids is 1. The lowest BCUT2D eigenvalue weighted by atomic mass is 9.88. The van der Waals surface area contributed by atoms with E-state index in [4.69, 9.17) is 9.47 Å². The fourth-order valence-corrected chi connectivity index (χ4v) is 2.64. The lowest BCUT2D eigenvalue weighted by molar-refractivity contribution is -0.132. The molecule has 1 aliphatic rings. The van der Waals surface area contributed by atoms with Gasteiger partial charge in [0, 0.05) is 12.5 Å². The van der Waals surface area contributed by atoms with Crippen LogP contribution in [0.5, 0.6) is 11.5 Å². The van der Waals surface area contributed by atoms with Crippen LogP contribution in [-0.4, -0.2) is 11.6 Å². The van der Waals surface area contributed by atoms with E-state index in [0.29, 0.717) is 5.75 Å². The Kier molecular flexibility index (Phi) is 3.33. The van der Waals surface area contributed by atoms with Crippen LogP contribution >= 0.6 is 0 Å². The van der Waals surface area contributed by atoms with Gasteiger partial charge >= 0.3 is 5.97 Å². The molecular weight excluding hydrogens is 240 g/mol. The monoisotopic (exact) mass is 262 g/mol. The summed E-state index contributed by atoms with van der Waals surface area (Å²) in [5, 5.41) is 0. The zero-order valence-electron chi connectivity index (χ0n) is 12.6. The second-order valence-corrected chi connectivity index (χ2v) is 5.97. The van der Waals surface area contributed by atoms with Crippen LogP contribution in [-0.2, 0) is 11.2 Å². The first-order valence-corrected chi connectivity index (χ1v) is 6.73. The summed E-state index contributed by atoms with van der Waals surface area (Å²) in [6.45, 7) is 11.7. The van der Waals surface area contributed by atoms with Gasteiger partial charge in [0.1, 0.15) is 17.1 Å². The van der Waals surface area contributed by atoms with E-state index in [1.54, 1.807) is 0 Å². The number of benzene rings is 1. The lowest BCUT2D eigenvalue weighted by Crippen LogP contribution is -2.33. The summed E-state index contributed by atoms with van der Waals surface area (Å²) in [4.78, 5) is 11.2. The van der Waals surface area contributed by atoms with E-state index in [-0.39, 0.29) is 11.6 Å². The average molecular weight is 262 g/mol. The highest BCUT2D eigenvalue weighted by Crippen LogP contribution is 2.43. The summed E-state index contributed by atoms with van der Waals surface area (Å²) in [5.41, 5.74) is 4.15. The predicted octanol–water partition coefficient (Wildman–Crippen LogP) is 3.64. The summed E-state index contributed by atoms with van der Waals surface area (Å²) < 4.78 is 11.5. The summed E-state index contributed by atoms with van der Waals surface area (Å²) in [6, 6.07) is 0. The Bertz CT molecular complexity index is 542. The molecule has 1 heterocycles. The van der Waals surface area contributed by atoms with Crippen LogP contribution in [0.2, 0.25) is 0 Å². The number of carbonyl (C=O) groups is 1. The number of hydrogen-bond donors (Lipinski definition) is 0. The van der Waals surface area contributed by atoms with E-state index in [0.717, 1.165) is 35.3 Å². The number of ether oxygens (including phenoxy) is 2. The average Bonchev–Trinajstić information content (AvgIpc) is 2.30. The Morgan fingerprint density at radius 2 is 1.79 bits per heavy atom. The molecular formula is C16H22O3. The van der Waals surface area contributed by atoms with Gasteiger partial charge in [-0.15, -0.1) is 0 Å². The molecule has 0 atom stereocenters. The molecule has 0 aromatic heterocycles. The van der Waals surface area contributed by atoms with Gasteiger partial charge in [-0.1, -0.05) is 0 Å². The SMILES string of the molecule is CC(=O)Oc1c(C)c(C)c2c(c1C)CCC(C)(C)O2. The van der Waals surface area contributed by atoms with Crippen molar-refractivity contribution >= 4 is 5.97 Å². The van der Waals surface area contributed by atoms with Crippen molar-refractivity contribution in [2.75, 3.05) is 0 Å². The van der Waals surface area contributed by atoms with Crippen LogP contribution in [0.1, 0.15) is 49.4 Å². The van der Waals surface area contributed by atoms with Gasteiger partial charge in [-0.25, -0.2) is 0 Å². The molecule has 3 heteroatoms. The standard InChI is InChI=1S/C16H22O3/c1-9-10(2)15-13(7-8-16(5,6)19-15)11(3)14(9)18-12(4)17/h7-8H2,1-6H3. The van der Waals surface area contributed by atoms with Gasteiger partial charge in [0.2, 0.25) is 0 Å². The normalized spacial score (nSPS) is 16.5. The van der Waals surface area contributed by atoms with Crippen molar-refractivity contribution in [3.8, 4) is 11.5 Å². The maximum Gasteiger partial charge on any atom is 0.308 e. The molecule has 1 aromatic carbocycles. The third-order valence-electron chi connectivity index (χ3n) is 3.91. The van der Waals surface area contributed by atoms with Gasteiger partial charge in [-0.2, -0.15) is 0 Å². The maximum absolute atomic E-state index is 11.2. The maximum atomic E-state index is 11.2. The molecule has 1 aromatic rings. The molecule has 0 aliphatic carbocycles. The van der Waals surface area contributed by atoms with Gasteiger partial charge < -0.3 is 9.47 Å². The molecule has 3 nitrogen and oxygen atoms in total. The van der Waals surface area contributed by atoms with E-state index in [9.17, 15) is 4.79 Å². The molecule has 2 rings (SSSR count). The summed E-state index contributed by atoms with van der Waals surface area (Å²) >= 11 is 0. The Morgan fingerprint density at radius 3 is 2.37 bits per heavy atom. The number of hydrogen-bond acceptors (Lipinski definition) is 3. The van der Waals surface area contributed by atoms with Gasteiger partial charge in [0.15, 0.2) is 0 Å². The Balaban J connectivity index is 2.60. The fourth-order valence-electron chi connectivity index (χ4n) is 2.64. The molecule has 104 valence electrons. The van der Waals surface area contributed by atoms with Gasteiger partial charge in [0.25, 0.3) is 0 Å². The minimum atomic E-state index is -0.275. The number of esters is 1. The third kappa shape index (κ3) is 2.46. The topological polar surface area (TPSA) is 35.5 Å². The Labute approximate surface area is 114 Å².